The number of methoxy groups -OCH3 is 1. The van der Waals surface area contributed by atoms with E-state index in [1.807, 2.05) is 35.7 Å². The topological polar surface area (TPSA) is 121 Å². The van der Waals surface area contributed by atoms with Crippen LogP contribution in [0.5, 0.6) is 11.5 Å². The Morgan fingerprint density at radius 1 is 1.19 bits per heavy atom. The third kappa shape index (κ3) is 4.73. The van der Waals surface area contributed by atoms with Gasteiger partial charge in [-0.3, -0.25) is 9.69 Å². The molecule has 12 heteroatoms. The summed E-state index contributed by atoms with van der Waals surface area (Å²) in [5, 5.41) is 15.4. The average molecular weight is 521 g/mol. The van der Waals surface area contributed by atoms with Crippen LogP contribution in [0.4, 0.5) is 0 Å². The number of nitrogens with zero attached hydrogens (tertiary/aromatic N) is 5. The van der Waals surface area contributed by atoms with Gasteiger partial charge in [0.05, 0.1) is 31.5 Å². The SMILES string of the molecule is COCCn1nnnc1[C@H](c1cc2cc3c(cc2[nH]c1=O)OCO3)N(Cc1ccco1)Cc1cccs1. The summed E-state index contributed by atoms with van der Waals surface area (Å²) < 4.78 is 23.7. The maximum absolute atomic E-state index is 13.6. The lowest BCUT2D eigenvalue weighted by Crippen LogP contribution is -2.34. The van der Waals surface area contributed by atoms with Gasteiger partial charge in [-0.05, 0) is 46.1 Å². The molecule has 1 aromatic carbocycles. The largest absolute Gasteiger partial charge is 0.468 e. The van der Waals surface area contributed by atoms with Crippen molar-refractivity contribution in [1.82, 2.24) is 30.1 Å². The fourth-order valence-electron chi connectivity index (χ4n) is 4.50. The number of ether oxygens (including phenoxy) is 3. The number of pyridine rings is 1. The summed E-state index contributed by atoms with van der Waals surface area (Å²) in [5.41, 5.74) is 0.919. The van der Waals surface area contributed by atoms with Gasteiger partial charge in [0, 0.05) is 35.5 Å². The van der Waals surface area contributed by atoms with Gasteiger partial charge in [-0.2, -0.15) is 0 Å². The molecule has 0 bridgehead atoms. The van der Waals surface area contributed by atoms with Crippen LogP contribution in [0, 0.1) is 0 Å². The lowest BCUT2D eigenvalue weighted by atomic mass is 10.0. The minimum atomic E-state index is -0.586. The molecule has 1 atom stereocenters. The number of fused-ring (bicyclic) bond motifs is 2. The summed E-state index contributed by atoms with van der Waals surface area (Å²) in [7, 11) is 1.62. The number of benzene rings is 1. The molecule has 0 radical (unpaired) electrons. The first kappa shape index (κ1) is 23.4. The van der Waals surface area contributed by atoms with Crippen LogP contribution in [0.1, 0.15) is 28.1 Å². The average Bonchev–Trinajstić information content (AvgIpc) is 3.71. The van der Waals surface area contributed by atoms with Crippen molar-refractivity contribution in [2.75, 3.05) is 20.5 Å². The third-order valence-corrected chi connectivity index (χ3v) is 7.08. The van der Waals surface area contributed by atoms with Crippen LogP contribution in [-0.2, 0) is 24.4 Å². The molecule has 1 aliphatic heterocycles. The van der Waals surface area contributed by atoms with Crippen LogP contribution in [0.3, 0.4) is 0 Å². The van der Waals surface area contributed by atoms with Crippen molar-refractivity contribution >= 4 is 22.2 Å². The van der Waals surface area contributed by atoms with Crippen molar-refractivity contribution in [1.29, 1.82) is 0 Å². The van der Waals surface area contributed by atoms with Gasteiger partial charge in [0.1, 0.15) is 11.8 Å². The summed E-state index contributed by atoms with van der Waals surface area (Å²) in [6.07, 6.45) is 1.64. The van der Waals surface area contributed by atoms with Crippen molar-refractivity contribution in [2.45, 2.75) is 25.7 Å². The Morgan fingerprint density at radius 3 is 2.86 bits per heavy atom. The van der Waals surface area contributed by atoms with Crippen molar-refractivity contribution < 1.29 is 18.6 Å². The van der Waals surface area contributed by atoms with Gasteiger partial charge < -0.3 is 23.6 Å². The van der Waals surface area contributed by atoms with E-state index in [4.69, 9.17) is 18.6 Å². The van der Waals surface area contributed by atoms with E-state index >= 15 is 0 Å². The lowest BCUT2D eigenvalue weighted by molar-refractivity contribution is 0.164. The van der Waals surface area contributed by atoms with E-state index in [9.17, 15) is 4.79 Å². The van der Waals surface area contributed by atoms with Gasteiger partial charge in [-0.1, -0.05) is 6.07 Å². The van der Waals surface area contributed by atoms with Gasteiger partial charge in [-0.15, -0.1) is 16.4 Å². The van der Waals surface area contributed by atoms with Gasteiger partial charge in [0.15, 0.2) is 17.3 Å². The lowest BCUT2D eigenvalue weighted by Gasteiger charge is -2.30. The van der Waals surface area contributed by atoms with Gasteiger partial charge >= 0.3 is 0 Å². The van der Waals surface area contributed by atoms with Crippen LogP contribution in [0.15, 0.2) is 63.3 Å². The summed E-state index contributed by atoms with van der Waals surface area (Å²) in [5.74, 6) is 2.54. The summed E-state index contributed by atoms with van der Waals surface area (Å²) in [6, 6.07) is 12.8. The van der Waals surface area contributed by atoms with Crippen LogP contribution in [0.25, 0.3) is 10.9 Å². The molecule has 0 unspecified atom stereocenters. The Hall–Kier alpha value is -4.00. The highest BCUT2D eigenvalue weighted by atomic mass is 32.1. The Bertz CT molecular complexity index is 1510. The van der Waals surface area contributed by atoms with E-state index < -0.39 is 6.04 Å². The van der Waals surface area contributed by atoms with E-state index in [0.717, 1.165) is 16.0 Å². The number of hydrogen-bond acceptors (Lipinski definition) is 10. The predicted octanol–water partition coefficient (Wildman–Crippen LogP) is 3.34. The molecule has 0 saturated carbocycles. The molecule has 4 aromatic heterocycles. The zero-order valence-electron chi connectivity index (χ0n) is 20.0. The first-order valence-electron chi connectivity index (χ1n) is 11.7. The molecule has 6 rings (SSSR count). The molecule has 5 aromatic rings. The number of hydrogen-bond donors (Lipinski definition) is 1. The molecule has 0 aliphatic carbocycles. The Kier molecular flexibility index (Phi) is 6.43. The summed E-state index contributed by atoms with van der Waals surface area (Å²) in [4.78, 5) is 19.9. The molecule has 0 amide bonds. The standard InChI is InChI=1S/C25H24N6O5S/c1-33-8-6-31-24(27-28-29-31)23(30(13-17-4-2-7-34-17)14-18-5-3-9-37-18)19-10-16-11-21-22(36-15-35-21)12-20(16)26-25(19)32/h2-5,7,9-12,23H,6,8,13-15H2,1H3,(H,26,32)/t23-/m0/s1. The third-order valence-electron chi connectivity index (χ3n) is 6.22. The number of H-pyrrole nitrogens is 1. The minimum Gasteiger partial charge on any atom is -0.468 e. The van der Waals surface area contributed by atoms with E-state index in [-0.39, 0.29) is 12.4 Å². The number of furan rings is 1. The zero-order valence-corrected chi connectivity index (χ0v) is 20.8. The Morgan fingerprint density at radius 2 is 2.08 bits per heavy atom. The number of tetrazole rings is 1. The van der Waals surface area contributed by atoms with E-state index in [1.54, 1.807) is 35.5 Å². The summed E-state index contributed by atoms with van der Waals surface area (Å²) in [6.45, 7) is 2.00. The monoisotopic (exact) mass is 520 g/mol. The van der Waals surface area contributed by atoms with Crippen LogP contribution < -0.4 is 15.0 Å². The van der Waals surface area contributed by atoms with Crippen molar-refractivity contribution in [3.63, 3.8) is 0 Å². The predicted molar refractivity (Wildman–Crippen MR) is 135 cm³/mol. The Labute approximate surface area is 215 Å². The molecule has 0 spiro atoms. The van der Waals surface area contributed by atoms with Crippen molar-refractivity contribution in [2.24, 2.45) is 0 Å². The number of rotatable bonds is 10. The molecule has 1 aliphatic rings. The molecular formula is C25H24N6O5S. The van der Waals surface area contributed by atoms with Crippen LogP contribution in [-0.4, -0.2) is 50.6 Å². The Balaban J connectivity index is 1.51. The molecular weight excluding hydrogens is 496 g/mol. The van der Waals surface area contributed by atoms with Gasteiger partial charge in [-0.25, -0.2) is 4.68 Å². The van der Waals surface area contributed by atoms with Crippen molar-refractivity contribution in [3.8, 4) is 11.5 Å². The first-order valence-corrected chi connectivity index (χ1v) is 12.6. The van der Waals surface area contributed by atoms with Gasteiger partial charge in [0.25, 0.3) is 5.56 Å². The van der Waals surface area contributed by atoms with Gasteiger partial charge in [0.2, 0.25) is 6.79 Å². The van der Waals surface area contributed by atoms with Crippen LogP contribution in [0.2, 0.25) is 0 Å². The molecule has 5 heterocycles. The molecule has 0 fully saturated rings. The first-order chi connectivity index (χ1) is 18.2. The second kappa shape index (κ2) is 10.2. The fraction of sp³-hybridized carbons (Fsp3) is 0.280. The maximum Gasteiger partial charge on any atom is 0.253 e. The quantitative estimate of drug-likeness (QED) is 0.296. The van der Waals surface area contributed by atoms with Crippen LogP contribution >= 0.6 is 11.3 Å². The summed E-state index contributed by atoms with van der Waals surface area (Å²) >= 11 is 1.64. The smallest absolute Gasteiger partial charge is 0.253 e. The second-order valence-electron chi connectivity index (χ2n) is 8.57. The van der Waals surface area contributed by atoms with E-state index in [1.165, 1.54) is 0 Å². The number of thiophene rings is 1. The molecule has 37 heavy (non-hydrogen) atoms. The second-order valence-corrected chi connectivity index (χ2v) is 9.60. The molecule has 1 N–H and O–H groups in total. The minimum absolute atomic E-state index is 0.150. The van der Waals surface area contributed by atoms with Crippen molar-refractivity contribution in [3.05, 3.63) is 86.5 Å². The highest BCUT2D eigenvalue weighted by molar-refractivity contribution is 7.09. The maximum atomic E-state index is 13.6. The fourth-order valence-corrected chi connectivity index (χ4v) is 5.23. The normalized spacial score (nSPS) is 13.6. The number of aromatic amines is 1. The number of aromatic nitrogens is 5. The number of nitrogens with one attached hydrogen (secondary N) is 1. The molecule has 190 valence electrons. The van der Waals surface area contributed by atoms with E-state index in [0.29, 0.717) is 54.6 Å². The highest BCUT2D eigenvalue weighted by Gasteiger charge is 2.32. The highest BCUT2D eigenvalue weighted by Crippen LogP contribution is 2.37. The van der Waals surface area contributed by atoms with E-state index in [2.05, 4.69) is 31.5 Å². The molecule has 11 nitrogen and oxygen atoms in total. The molecule has 0 saturated heterocycles. The zero-order chi connectivity index (χ0) is 25.2.